The minimum absolute atomic E-state index is 0.138. The Labute approximate surface area is 113 Å². The molecule has 1 aromatic rings. The summed E-state index contributed by atoms with van der Waals surface area (Å²) in [5.74, 6) is 1.56. The summed E-state index contributed by atoms with van der Waals surface area (Å²) in [4.78, 5) is 14.4. The highest BCUT2D eigenvalue weighted by molar-refractivity contribution is 5.94. The number of likely N-dealkylation sites (tertiary alicyclic amines) is 1. The van der Waals surface area contributed by atoms with E-state index in [4.69, 9.17) is 4.74 Å². The molecular formula is C15H20N2O2. The largest absolute Gasteiger partial charge is 0.497 e. The fourth-order valence-corrected chi connectivity index (χ4v) is 3.13. The molecule has 2 aliphatic rings. The van der Waals surface area contributed by atoms with E-state index in [0.717, 1.165) is 30.9 Å². The number of carbonyl (C=O) groups is 1. The smallest absolute Gasteiger partial charge is 0.253 e. The molecule has 2 atom stereocenters. The number of benzene rings is 1. The van der Waals surface area contributed by atoms with Gasteiger partial charge in [-0.1, -0.05) is 0 Å². The minimum Gasteiger partial charge on any atom is -0.497 e. The van der Waals surface area contributed by atoms with E-state index in [1.807, 2.05) is 29.2 Å². The molecule has 19 heavy (non-hydrogen) atoms. The highest BCUT2D eigenvalue weighted by Crippen LogP contribution is 2.26. The maximum atomic E-state index is 12.4. The topological polar surface area (TPSA) is 41.6 Å². The number of piperidine rings is 1. The van der Waals surface area contributed by atoms with Crippen molar-refractivity contribution in [3.63, 3.8) is 0 Å². The van der Waals surface area contributed by atoms with Crippen LogP contribution in [-0.4, -0.2) is 43.6 Å². The van der Waals surface area contributed by atoms with Crippen LogP contribution in [0.1, 0.15) is 23.2 Å². The first kappa shape index (κ1) is 12.5. The van der Waals surface area contributed by atoms with Crippen molar-refractivity contribution in [2.45, 2.75) is 18.9 Å². The van der Waals surface area contributed by atoms with Crippen molar-refractivity contribution in [1.29, 1.82) is 0 Å². The van der Waals surface area contributed by atoms with Crippen molar-refractivity contribution >= 4 is 5.91 Å². The van der Waals surface area contributed by atoms with Crippen molar-refractivity contribution in [3.05, 3.63) is 29.8 Å². The van der Waals surface area contributed by atoms with Crippen LogP contribution in [0, 0.1) is 5.92 Å². The Balaban J connectivity index is 1.70. The molecule has 1 N–H and O–H groups in total. The van der Waals surface area contributed by atoms with Crippen LogP contribution in [-0.2, 0) is 0 Å². The van der Waals surface area contributed by atoms with Gasteiger partial charge in [0, 0.05) is 24.7 Å². The molecule has 3 rings (SSSR count). The third kappa shape index (κ3) is 2.45. The summed E-state index contributed by atoms with van der Waals surface area (Å²) in [5.41, 5.74) is 0.749. The third-order valence-electron chi connectivity index (χ3n) is 4.22. The Morgan fingerprint density at radius 3 is 2.79 bits per heavy atom. The molecule has 4 heteroatoms. The molecule has 0 saturated carbocycles. The maximum Gasteiger partial charge on any atom is 0.253 e. The van der Waals surface area contributed by atoms with Crippen LogP contribution in [0.5, 0.6) is 5.75 Å². The van der Waals surface area contributed by atoms with E-state index in [-0.39, 0.29) is 5.91 Å². The van der Waals surface area contributed by atoms with Gasteiger partial charge in [0.05, 0.1) is 7.11 Å². The second kappa shape index (κ2) is 5.21. The molecular weight excluding hydrogens is 240 g/mol. The minimum atomic E-state index is 0.138. The molecule has 4 nitrogen and oxygen atoms in total. The van der Waals surface area contributed by atoms with Crippen LogP contribution in [0.3, 0.4) is 0 Å². The molecule has 102 valence electrons. The van der Waals surface area contributed by atoms with E-state index in [2.05, 4.69) is 5.32 Å². The predicted octanol–water partition coefficient (Wildman–Crippen LogP) is 1.52. The Hall–Kier alpha value is -1.55. The van der Waals surface area contributed by atoms with Gasteiger partial charge in [0.1, 0.15) is 5.75 Å². The molecule has 2 saturated heterocycles. The van der Waals surface area contributed by atoms with Gasteiger partial charge in [-0.15, -0.1) is 0 Å². The molecule has 0 radical (unpaired) electrons. The molecule has 0 aromatic heterocycles. The first-order valence-corrected chi connectivity index (χ1v) is 6.94. The fourth-order valence-electron chi connectivity index (χ4n) is 3.13. The van der Waals surface area contributed by atoms with E-state index in [1.165, 1.54) is 12.8 Å². The summed E-state index contributed by atoms with van der Waals surface area (Å²) >= 11 is 0. The lowest BCUT2D eigenvalue weighted by atomic mass is 9.94. The van der Waals surface area contributed by atoms with Gasteiger partial charge >= 0.3 is 0 Å². The van der Waals surface area contributed by atoms with Crippen molar-refractivity contribution in [2.75, 3.05) is 26.7 Å². The molecule has 1 amide bonds. The van der Waals surface area contributed by atoms with E-state index in [9.17, 15) is 4.79 Å². The van der Waals surface area contributed by atoms with Crippen LogP contribution >= 0.6 is 0 Å². The van der Waals surface area contributed by atoms with Gasteiger partial charge in [-0.2, -0.15) is 0 Å². The number of hydrogen-bond acceptors (Lipinski definition) is 3. The summed E-state index contributed by atoms with van der Waals surface area (Å²) in [6.45, 7) is 2.82. The first-order valence-electron chi connectivity index (χ1n) is 6.94. The van der Waals surface area contributed by atoms with Crippen molar-refractivity contribution in [2.24, 2.45) is 5.92 Å². The second-order valence-electron chi connectivity index (χ2n) is 5.40. The van der Waals surface area contributed by atoms with Crippen molar-refractivity contribution < 1.29 is 9.53 Å². The summed E-state index contributed by atoms with van der Waals surface area (Å²) in [6, 6.07) is 7.87. The van der Waals surface area contributed by atoms with Gasteiger partial charge in [0.15, 0.2) is 0 Å². The summed E-state index contributed by atoms with van der Waals surface area (Å²) in [6.07, 6.45) is 2.47. The van der Waals surface area contributed by atoms with E-state index >= 15 is 0 Å². The van der Waals surface area contributed by atoms with Crippen LogP contribution in [0.4, 0.5) is 0 Å². The van der Waals surface area contributed by atoms with Crippen LogP contribution in [0.25, 0.3) is 0 Å². The van der Waals surface area contributed by atoms with E-state index in [1.54, 1.807) is 7.11 Å². The van der Waals surface area contributed by atoms with Gasteiger partial charge in [-0.05, 0) is 49.6 Å². The van der Waals surface area contributed by atoms with Crippen LogP contribution in [0.15, 0.2) is 24.3 Å². The Morgan fingerprint density at radius 1 is 1.32 bits per heavy atom. The zero-order chi connectivity index (χ0) is 13.2. The molecule has 2 fully saturated rings. The van der Waals surface area contributed by atoms with Crippen molar-refractivity contribution in [3.8, 4) is 5.75 Å². The number of rotatable bonds is 2. The highest BCUT2D eigenvalue weighted by Gasteiger charge is 2.36. The van der Waals surface area contributed by atoms with Gasteiger partial charge in [0.2, 0.25) is 0 Å². The highest BCUT2D eigenvalue weighted by atomic mass is 16.5. The molecule has 1 aromatic carbocycles. The molecule has 0 unspecified atom stereocenters. The maximum absolute atomic E-state index is 12.4. The van der Waals surface area contributed by atoms with E-state index < -0.39 is 0 Å². The normalized spacial score (nSPS) is 26.1. The first-order chi connectivity index (χ1) is 9.28. The number of nitrogens with one attached hydrogen (secondary N) is 1. The number of ether oxygens (including phenoxy) is 1. The lowest BCUT2D eigenvalue weighted by Gasteiger charge is -2.24. The zero-order valence-electron chi connectivity index (χ0n) is 11.3. The molecule has 0 spiro atoms. The average Bonchev–Trinajstić information content (AvgIpc) is 2.90. The van der Waals surface area contributed by atoms with E-state index in [0.29, 0.717) is 12.0 Å². The van der Waals surface area contributed by atoms with Gasteiger partial charge in [-0.25, -0.2) is 0 Å². The standard InChI is InChI=1S/C15H20N2O2/c1-19-13-6-4-11(5-7-13)15(18)17-9-12-3-2-8-16-14(12)10-17/h4-7,12,14,16H,2-3,8-10H2,1H3/t12-,14+/m0/s1. The quantitative estimate of drug-likeness (QED) is 0.876. The number of carbonyl (C=O) groups excluding carboxylic acids is 1. The SMILES string of the molecule is COc1ccc(C(=O)N2C[C@@H]3CCCN[C@@H]3C2)cc1. The van der Waals surface area contributed by atoms with Crippen LogP contribution in [0.2, 0.25) is 0 Å². The van der Waals surface area contributed by atoms with Crippen LogP contribution < -0.4 is 10.1 Å². The average molecular weight is 260 g/mol. The summed E-state index contributed by atoms with van der Waals surface area (Å²) < 4.78 is 5.12. The molecule has 2 heterocycles. The fraction of sp³-hybridized carbons (Fsp3) is 0.533. The number of amides is 1. The molecule has 0 bridgehead atoms. The lowest BCUT2D eigenvalue weighted by Crippen LogP contribution is -2.41. The monoisotopic (exact) mass is 260 g/mol. The van der Waals surface area contributed by atoms with Crippen molar-refractivity contribution in [1.82, 2.24) is 10.2 Å². The summed E-state index contributed by atoms with van der Waals surface area (Å²) in [7, 11) is 1.63. The number of hydrogen-bond donors (Lipinski definition) is 1. The predicted molar refractivity (Wildman–Crippen MR) is 73.4 cm³/mol. The number of fused-ring (bicyclic) bond motifs is 1. The van der Waals surface area contributed by atoms with Gasteiger partial charge in [0.25, 0.3) is 5.91 Å². The number of methoxy groups -OCH3 is 1. The Bertz CT molecular complexity index is 444. The number of nitrogens with zero attached hydrogens (tertiary/aromatic N) is 1. The Kier molecular flexibility index (Phi) is 3.42. The van der Waals surface area contributed by atoms with Gasteiger partial charge < -0.3 is 15.0 Å². The Morgan fingerprint density at radius 2 is 2.11 bits per heavy atom. The lowest BCUT2D eigenvalue weighted by molar-refractivity contribution is 0.0785. The zero-order valence-corrected chi connectivity index (χ0v) is 11.3. The molecule has 2 aliphatic heterocycles. The third-order valence-corrected chi connectivity index (χ3v) is 4.22. The summed E-state index contributed by atoms with van der Waals surface area (Å²) in [5, 5.41) is 3.52. The molecule has 0 aliphatic carbocycles. The second-order valence-corrected chi connectivity index (χ2v) is 5.40. The van der Waals surface area contributed by atoms with Gasteiger partial charge in [-0.3, -0.25) is 4.79 Å².